The van der Waals surface area contributed by atoms with Gasteiger partial charge in [0.05, 0.1) is 11.3 Å². The maximum atomic E-state index is 15.1. The zero-order valence-electron chi connectivity index (χ0n) is 17.3. The van der Waals surface area contributed by atoms with E-state index in [2.05, 4.69) is 18.0 Å². The van der Waals surface area contributed by atoms with Gasteiger partial charge in [0, 0.05) is 17.1 Å². The predicted octanol–water partition coefficient (Wildman–Crippen LogP) is 6.79. The first-order valence-electron chi connectivity index (χ1n) is 10.4. The Kier molecular flexibility index (Phi) is 6.04. The Morgan fingerprint density at radius 3 is 2.42 bits per heavy atom. The molecule has 0 aliphatic heterocycles. The van der Waals surface area contributed by atoms with Gasteiger partial charge in [-0.3, -0.25) is 4.98 Å². The molecule has 1 heterocycles. The third-order valence-electron chi connectivity index (χ3n) is 5.53. The summed E-state index contributed by atoms with van der Waals surface area (Å²) in [5, 5.41) is 10.2. The van der Waals surface area contributed by atoms with E-state index in [1.54, 1.807) is 18.2 Å². The second kappa shape index (κ2) is 9.06. The van der Waals surface area contributed by atoms with E-state index >= 15 is 4.39 Å². The highest BCUT2D eigenvalue weighted by atomic mass is 19.1. The molecule has 0 saturated heterocycles. The van der Waals surface area contributed by atoms with Gasteiger partial charge in [0.25, 0.3) is 0 Å². The molecule has 31 heavy (non-hydrogen) atoms. The van der Waals surface area contributed by atoms with Gasteiger partial charge in [0.15, 0.2) is 0 Å². The van der Waals surface area contributed by atoms with E-state index in [1.807, 2.05) is 36.5 Å². The molecule has 0 aliphatic carbocycles. The lowest BCUT2D eigenvalue weighted by Crippen LogP contribution is -1.97. The van der Waals surface area contributed by atoms with E-state index in [-0.39, 0.29) is 11.4 Å². The molecule has 0 aliphatic rings. The minimum Gasteiger partial charge on any atom is -0.256 e. The zero-order chi connectivity index (χ0) is 21.8. The molecular formula is C27H22F2N2. The fourth-order valence-electron chi connectivity index (χ4n) is 3.81. The smallest absolute Gasteiger partial charge is 0.141 e. The highest BCUT2D eigenvalue weighted by Crippen LogP contribution is 2.27. The number of nitrogens with zero attached hydrogens (tertiary/aromatic N) is 2. The van der Waals surface area contributed by atoms with Crippen molar-refractivity contribution < 1.29 is 8.78 Å². The maximum absolute atomic E-state index is 15.1. The summed E-state index contributed by atoms with van der Waals surface area (Å²) < 4.78 is 28.9. The fourth-order valence-corrected chi connectivity index (χ4v) is 3.81. The number of benzene rings is 3. The topological polar surface area (TPSA) is 36.7 Å². The molecule has 0 atom stereocenters. The third-order valence-corrected chi connectivity index (χ3v) is 5.53. The van der Waals surface area contributed by atoms with Gasteiger partial charge in [-0.2, -0.15) is 5.26 Å². The van der Waals surface area contributed by atoms with Crippen molar-refractivity contribution in [3.63, 3.8) is 0 Å². The van der Waals surface area contributed by atoms with Crippen LogP contribution in [0.2, 0.25) is 0 Å². The number of hydrogen-bond acceptors (Lipinski definition) is 2. The van der Waals surface area contributed by atoms with Crippen LogP contribution in [0.1, 0.15) is 35.6 Å². The molecule has 0 fully saturated rings. The molecule has 4 rings (SSSR count). The molecule has 0 bridgehead atoms. The van der Waals surface area contributed by atoms with E-state index in [9.17, 15) is 4.39 Å². The summed E-state index contributed by atoms with van der Waals surface area (Å²) in [6.07, 6.45) is 4.94. The van der Waals surface area contributed by atoms with Crippen LogP contribution in [0.15, 0.2) is 66.9 Å². The van der Waals surface area contributed by atoms with Crippen LogP contribution in [0, 0.1) is 23.0 Å². The van der Waals surface area contributed by atoms with Crippen LogP contribution < -0.4 is 0 Å². The van der Waals surface area contributed by atoms with Crippen molar-refractivity contribution in [2.45, 2.75) is 32.6 Å². The molecule has 1 aromatic heterocycles. The number of halogens is 2. The summed E-state index contributed by atoms with van der Waals surface area (Å²) >= 11 is 0. The normalized spacial score (nSPS) is 10.9. The van der Waals surface area contributed by atoms with Crippen LogP contribution in [0.5, 0.6) is 0 Å². The Morgan fingerprint density at radius 1 is 0.871 bits per heavy atom. The highest BCUT2D eigenvalue weighted by Gasteiger charge is 2.10. The lowest BCUT2D eigenvalue weighted by Gasteiger charge is -2.09. The van der Waals surface area contributed by atoms with Crippen LogP contribution >= 0.6 is 0 Å². The maximum Gasteiger partial charge on any atom is 0.141 e. The average molecular weight is 412 g/mol. The SMILES string of the molecule is CCCc1ccc(-c2ccc3c(F)c(CCc4ccc(C#N)c(F)c4)ccc3c2)nc1. The quantitative estimate of drug-likeness (QED) is 0.350. The monoisotopic (exact) mass is 412 g/mol. The molecule has 0 saturated carbocycles. The minimum atomic E-state index is -0.539. The van der Waals surface area contributed by atoms with E-state index in [0.717, 1.165) is 35.0 Å². The van der Waals surface area contributed by atoms with Crippen molar-refractivity contribution in [1.82, 2.24) is 4.98 Å². The molecule has 0 radical (unpaired) electrons. The number of aromatic nitrogens is 1. The Labute approximate surface area is 180 Å². The van der Waals surface area contributed by atoms with Crippen molar-refractivity contribution in [3.8, 4) is 17.3 Å². The van der Waals surface area contributed by atoms with E-state index in [1.165, 1.54) is 17.7 Å². The van der Waals surface area contributed by atoms with E-state index < -0.39 is 5.82 Å². The molecule has 154 valence electrons. The van der Waals surface area contributed by atoms with E-state index in [0.29, 0.717) is 23.8 Å². The standard InChI is InChI=1S/C27H22F2N2/c1-2-3-19-6-13-26(31-17-19)22-11-12-24-21(15-22)10-9-20(27(24)29)7-4-18-5-8-23(16-30)25(28)14-18/h5-6,8-15,17H,2-4,7H2,1H3. The number of aryl methyl sites for hydroxylation is 3. The first kappa shape index (κ1) is 20.7. The summed E-state index contributed by atoms with van der Waals surface area (Å²) in [5.41, 5.74) is 4.39. The van der Waals surface area contributed by atoms with Gasteiger partial charge in [-0.1, -0.05) is 49.7 Å². The molecule has 4 heteroatoms. The van der Waals surface area contributed by atoms with Crippen LogP contribution in [0.4, 0.5) is 8.78 Å². The summed E-state index contributed by atoms with van der Waals surface area (Å²) in [7, 11) is 0. The summed E-state index contributed by atoms with van der Waals surface area (Å²) in [5.74, 6) is -0.785. The van der Waals surface area contributed by atoms with Crippen molar-refractivity contribution in [2.75, 3.05) is 0 Å². The van der Waals surface area contributed by atoms with Gasteiger partial charge in [-0.15, -0.1) is 0 Å². The first-order chi connectivity index (χ1) is 15.1. The molecule has 0 amide bonds. The van der Waals surface area contributed by atoms with Crippen molar-refractivity contribution in [3.05, 3.63) is 101 Å². The lowest BCUT2D eigenvalue weighted by molar-refractivity contribution is 0.616. The summed E-state index contributed by atoms with van der Waals surface area (Å²) in [4.78, 5) is 4.55. The highest BCUT2D eigenvalue weighted by molar-refractivity contribution is 5.88. The fraction of sp³-hybridized carbons (Fsp3) is 0.185. The molecule has 0 N–H and O–H groups in total. The van der Waals surface area contributed by atoms with Crippen molar-refractivity contribution in [2.24, 2.45) is 0 Å². The largest absolute Gasteiger partial charge is 0.256 e. The number of hydrogen-bond donors (Lipinski definition) is 0. The summed E-state index contributed by atoms with van der Waals surface area (Å²) in [6, 6.07) is 19.8. The molecular weight excluding hydrogens is 390 g/mol. The molecule has 2 nitrogen and oxygen atoms in total. The Hall–Kier alpha value is -3.58. The average Bonchev–Trinajstić information content (AvgIpc) is 2.79. The Morgan fingerprint density at radius 2 is 1.71 bits per heavy atom. The van der Waals surface area contributed by atoms with Gasteiger partial charge in [0.2, 0.25) is 0 Å². The second-order valence-electron chi connectivity index (χ2n) is 7.70. The minimum absolute atomic E-state index is 0.0194. The van der Waals surface area contributed by atoms with Crippen LogP contribution in [0.3, 0.4) is 0 Å². The van der Waals surface area contributed by atoms with Crippen LogP contribution in [-0.2, 0) is 19.3 Å². The zero-order valence-corrected chi connectivity index (χ0v) is 17.3. The van der Waals surface area contributed by atoms with Crippen molar-refractivity contribution >= 4 is 10.8 Å². The van der Waals surface area contributed by atoms with Gasteiger partial charge in [-0.25, -0.2) is 8.78 Å². The molecule has 0 spiro atoms. The van der Waals surface area contributed by atoms with Gasteiger partial charge >= 0.3 is 0 Å². The second-order valence-corrected chi connectivity index (χ2v) is 7.70. The van der Waals surface area contributed by atoms with Gasteiger partial charge in [0.1, 0.15) is 17.7 Å². The molecule has 4 aromatic rings. The predicted molar refractivity (Wildman–Crippen MR) is 120 cm³/mol. The van der Waals surface area contributed by atoms with Gasteiger partial charge < -0.3 is 0 Å². The number of pyridine rings is 1. The number of nitriles is 1. The Bertz CT molecular complexity index is 1270. The van der Waals surface area contributed by atoms with Crippen molar-refractivity contribution in [1.29, 1.82) is 5.26 Å². The third kappa shape index (κ3) is 4.46. The lowest BCUT2D eigenvalue weighted by atomic mass is 9.98. The Balaban J connectivity index is 1.56. The molecule has 0 unspecified atom stereocenters. The molecule has 3 aromatic carbocycles. The van der Waals surface area contributed by atoms with E-state index in [4.69, 9.17) is 5.26 Å². The number of fused-ring (bicyclic) bond motifs is 1. The summed E-state index contributed by atoms with van der Waals surface area (Å²) in [6.45, 7) is 2.14. The number of rotatable bonds is 6. The van der Waals surface area contributed by atoms with Gasteiger partial charge in [-0.05, 0) is 65.6 Å². The first-order valence-corrected chi connectivity index (χ1v) is 10.4. The van der Waals surface area contributed by atoms with Crippen LogP contribution in [0.25, 0.3) is 22.0 Å². The van der Waals surface area contributed by atoms with Crippen LogP contribution in [-0.4, -0.2) is 4.98 Å².